The number of nitrogens with zero attached hydrogens (tertiary/aromatic N) is 1. The number of pyridine rings is 1. The molecule has 0 aromatic carbocycles. The summed E-state index contributed by atoms with van der Waals surface area (Å²) in [6.45, 7) is 0. The number of aromatic nitrogens is 1. The Morgan fingerprint density at radius 1 is 1.47 bits per heavy atom. The van der Waals surface area contributed by atoms with Crippen LogP contribution in [0.1, 0.15) is 24.6 Å². The lowest BCUT2D eigenvalue weighted by Gasteiger charge is -2.15. The van der Waals surface area contributed by atoms with Gasteiger partial charge in [0.25, 0.3) is 0 Å². The molecule has 1 rings (SSSR count). The lowest BCUT2D eigenvalue weighted by molar-refractivity contribution is 0.525. The van der Waals surface area contributed by atoms with Gasteiger partial charge in [0.1, 0.15) is 9.84 Å². The van der Waals surface area contributed by atoms with Gasteiger partial charge in [-0.3, -0.25) is 4.98 Å². The van der Waals surface area contributed by atoms with Crippen molar-refractivity contribution >= 4 is 21.4 Å². The summed E-state index contributed by atoms with van der Waals surface area (Å²) in [6, 6.07) is 3.70. The summed E-state index contributed by atoms with van der Waals surface area (Å²) in [4.78, 5) is 4.22. The second kappa shape index (κ2) is 6.33. The largest absolute Gasteiger partial charge is 0.312 e. The molecule has 0 radical (unpaired) electrons. The van der Waals surface area contributed by atoms with Gasteiger partial charge in [0.15, 0.2) is 0 Å². The van der Waals surface area contributed by atoms with Gasteiger partial charge in [-0.2, -0.15) is 0 Å². The van der Waals surface area contributed by atoms with Crippen molar-refractivity contribution in [1.29, 1.82) is 0 Å². The van der Waals surface area contributed by atoms with E-state index in [9.17, 15) is 8.42 Å². The van der Waals surface area contributed by atoms with Gasteiger partial charge < -0.3 is 5.32 Å². The summed E-state index contributed by atoms with van der Waals surface area (Å²) in [7, 11) is -1.05. The minimum Gasteiger partial charge on any atom is -0.312 e. The Bertz CT molecular complexity index is 445. The smallest absolute Gasteiger partial charge is 0.147 e. The lowest BCUT2D eigenvalue weighted by atomic mass is 10.1. The van der Waals surface area contributed by atoms with Gasteiger partial charge in [0, 0.05) is 24.2 Å². The number of halogens is 1. The number of hydrogen-bond donors (Lipinski definition) is 1. The fraction of sp³-hybridized carbons (Fsp3) is 0.545. The molecule has 0 aliphatic carbocycles. The first-order chi connectivity index (χ1) is 7.92. The maximum absolute atomic E-state index is 11.0. The maximum Gasteiger partial charge on any atom is 0.147 e. The fourth-order valence-corrected chi connectivity index (χ4v) is 2.39. The molecule has 0 saturated heterocycles. The van der Waals surface area contributed by atoms with Crippen LogP contribution in [0, 0.1) is 0 Å². The van der Waals surface area contributed by atoms with Crippen LogP contribution in [0.3, 0.4) is 0 Å². The molecule has 1 aromatic rings. The highest BCUT2D eigenvalue weighted by Crippen LogP contribution is 2.17. The molecule has 96 valence electrons. The molecule has 0 bridgehead atoms. The van der Waals surface area contributed by atoms with Crippen molar-refractivity contribution in [3.8, 4) is 0 Å². The van der Waals surface area contributed by atoms with Crippen molar-refractivity contribution in [3.63, 3.8) is 0 Å². The van der Waals surface area contributed by atoms with E-state index in [1.165, 1.54) is 6.26 Å². The lowest BCUT2D eigenvalue weighted by Crippen LogP contribution is -2.18. The SMILES string of the molecule is CNC(CCCS(C)(=O)=O)c1ccc(Cl)cn1. The van der Waals surface area contributed by atoms with Crippen LogP contribution in [0.15, 0.2) is 18.3 Å². The third-order valence-corrected chi connectivity index (χ3v) is 3.72. The zero-order valence-corrected chi connectivity index (χ0v) is 11.6. The maximum atomic E-state index is 11.0. The summed E-state index contributed by atoms with van der Waals surface area (Å²) in [5.74, 6) is 0.207. The molecule has 0 amide bonds. The Morgan fingerprint density at radius 2 is 2.18 bits per heavy atom. The number of sulfone groups is 1. The van der Waals surface area contributed by atoms with Crippen LogP contribution >= 0.6 is 11.6 Å². The molecule has 1 heterocycles. The molecule has 1 aromatic heterocycles. The van der Waals surface area contributed by atoms with Gasteiger partial charge in [-0.25, -0.2) is 8.42 Å². The zero-order chi connectivity index (χ0) is 12.9. The molecule has 6 heteroatoms. The van der Waals surface area contributed by atoms with Crippen LogP contribution in [0.25, 0.3) is 0 Å². The van der Waals surface area contributed by atoms with E-state index >= 15 is 0 Å². The second-order valence-electron chi connectivity index (χ2n) is 4.01. The van der Waals surface area contributed by atoms with Gasteiger partial charge in [-0.15, -0.1) is 0 Å². The molecular formula is C11H17ClN2O2S. The minimum atomic E-state index is -2.89. The van der Waals surface area contributed by atoms with E-state index in [0.29, 0.717) is 11.4 Å². The quantitative estimate of drug-likeness (QED) is 0.861. The Hall–Kier alpha value is -0.650. The van der Waals surface area contributed by atoms with Crippen molar-refractivity contribution in [2.45, 2.75) is 18.9 Å². The average molecular weight is 277 g/mol. The number of hydrogen-bond acceptors (Lipinski definition) is 4. The van der Waals surface area contributed by atoms with Crippen LogP contribution in [-0.4, -0.2) is 32.5 Å². The van der Waals surface area contributed by atoms with Crippen molar-refractivity contribution < 1.29 is 8.42 Å². The molecule has 0 aliphatic heterocycles. The van der Waals surface area contributed by atoms with Crippen LogP contribution < -0.4 is 5.32 Å². The molecule has 0 aliphatic rings. The summed E-state index contributed by atoms with van der Waals surface area (Å²) >= 11 is 5.76. The molecule has 1 unspecified atom stereocenters. The summed E-state index contributed by atoms with van der Waals surface area (Å²) in [5, 5.41) is 3.72. The van der Waals surface area contributed by atoms with Crippen molar-refractivity contribution in [3.05, 3.63) is 29.0 Å². The van der Waals surface area contributed by atoms with Crippen molar-refractivity contribution in [1.82, 2.24) is 10.3 Å². The third kappa shape index (κ3) is 5.48. The summed E-state index contributed by atoms with van der Waals surface area (Å²) in [6.07, 6.45) is 4.20. The third-order valence-electron chi connectivity index (χ3n) is 2.46. The molecular weight excluding hydrogens is 260 g/mol. The van der Waals surface area contributed by atoms with Crippen LogP contribution in [0.4, 0.5) is 0 Å². The summed E-state index contributed by atoms with van der Waals surface area (Å²) in [5.41, 5.74) is 0.880. The first-order valence-corrected chi connectivity index (χ1v) is 7.82. The highest BCUT2D eigenvalue weighted by atomic mass is 35.5. The minimum absolute atomic E-state index is 0.0639. The topological polar surface area (TPSA) is 59.1 Å². The number of nitrogens with one attached hydrogen (secondary N) is 1. The van der Waals surface area contributed by atoms with E-state index in [4.69, 9.17) is 11.6 Å². The van der Waals surface area contributed by atoms with Crippen LogP contribution in [-0.2, 0) is 9.84 Å². The van der Waals surface area contributed by atoms with Gasteiger partial charge in [0.05, 0.1) is 10.7 Å². The molecule has 0 spiro atoms. The standard InChI is InChI=1S/C11H17ClN2O2S/c1-13-10(4-3-7-17(2,15)16)11-6-5-9(12)8-14-11/h5-6,8,10,13H,3-4,7H2,1-2H3. The van der Waals surface area contributed by atoms with E-state index in [1.807, 2.05) is 13.1 Å². The predicted molar refractivity (Wildman–Crippen MR) is 70.0 cm³/mol. The Kier molecular flexibility index (Phi) is 5.36. The van der Waals surface area contributed by atoms with E-state index in [0.717, 1.165) is 12.1 Å². The van der Waals surface area contributed by atoms with E-state index in [2.05, 4.69) is 10.3 Å². The Labute approximate surface area is 107 Å². The van der Waals surface area contributed by atoms with E-state index in [-0.39, 0.29) is 11.8 Å². The highest BCUT2D eigenvalue weighted by Gasteiger charge is 2.11. The highest BCUT2D eigenvalue weighted by molar-refractivity contribution is 7.90. The second-order valence-corrected chi connectivity index (χ2v) is 6.71. The predicted octanol–water partition coefficient (Wildman–Crippen LogP) is 1.82. The molecule has 0 fully saturated rings. The van der Waals surface area contributed by atoms with Gasteiger partial charge in [0.2, 0.25) is 0 Å². The van der Waals surface area contributed by atoms with E-state index in [1.54, 1.807) is 12.3 Å². The molecule has 1 atom stereocenters. The first kappa shape index (κ1) is 14.4. The Morgan fingerprint density at radius 3 is 2.65 bits per heavy atom. The van der Waals surface area contributed by atoms with Gasteiger partial charge in [-0.1, -0.05) is 11.6 Å². The average Bonchev–Trinajstić information content (AvgIpc) is 2.24. The zero-order valence-electron chi connectivity index (χ0n) is 9.98. The van der Waals surface area contributed by atoms with Crippen molar-refractivity contribution in [2.75, 3.05) is 19.1 Å². The first-order valence-electron chi connectivity index (χ1n) is 5.39. The van der Waals surface area contributed by atoms with Crippen LogP contribution in [0.2, 0.25) is 5.02 Å². The monoisotopic (exact) mass is 276 g/mol. The van der Waals surface area contributed by atoms with Gasteiger partial charge in [-0.05, 0) is 32.0 Å². The molecule has 1 N–H and O–H groups in total. The van der Waals surface area contributed by atoms with E-state index < -0.39 is 9.84 Å². The molecule has 4 nitrogen and oxygen atoms in total. The Balaban J connectivity index is 2.57. The van der Waals surface area contributed by atoms with Crippen LogP contribution in [0.5, 0.6) is 0 Å². The van der Waals surface area contributed by atoms with Gasteiger partial charge >= 0.3 is 0 Å². The molecule has 17 heavy (non-hydrogen) atoms. The summed E-state index contributed by atoms with van der Waals surface area (Å²) < 4.78 is 22.1. The fourth-order valence-electron chi connectivity index (χ4n) is 1.58. The normalized spacial score (nSPS) is 13.6. The van der Waals surface area contributed by atoms with Crippen molar-refractivity contribution in [2.24, 2.45) is 0 Å². The molecule has 0 saturated carbocycles. The number of rotatable bonds is 6.